The maximum Gasteiger partial charge on any atom is 0.254 e. The van der Waals surface area contributed by atoms with Gasteiger partial charge in [-0.2, -0.15) is 0 Å². The Bertz CT molecular complexity index is 1070. The van der Waals surface area contributed by atoms with E-state index in [0.717, 1.165) is 87.6 Å². The Balaban J connectivity index is 1.05. The molecule has 0 radical (unpaired) electrons. The Morgan fingerprint density at radius 1 is 0.944 bits per heavy atom. The van der Waals surface area contributed by atoms with Crippen LogP contribution >= 0.6 is 0 Å². The van der Waals surface area contributed by atoms with Gasteiger partial charge in [-0.1, -0.05) is 31.0 Å². The molecular formula is C31H40N2O3. The van der Waals surface area contributed by atoms with E-state index in [4.69, 9.17) is 9.47 Å². The van der Waals surface area contributed by atoms with E-state index < -0.39 is 0 Å². The number of carbonyl (C=O) groups is 1. The maximum absolute atomic E-state index is 13.4. The van der Waals surface area contributed by atoms with Crippen LogP contribution in [-0.2, 0) is 30.5 Å². The van der Waals surface area contributed by atoms with E-state index in [9.17, 15) is 4.79 Å². The van der Waals surface area contributed by atoms with Gasteiger partial charge in [-0.05, 0) is 104 Å². The average molecular weight is 489 g/mol. The lowest BCUT2D eigenvalue weighted by Gasteiger charge is -2.38. The highest BCUT2D eigenvalue weighted by atomic mass is 16.5. The first-order valence-electron chi connectivity index (χ1n) is 14.2. The van der Waals surface area contributed by atoms with Crippen molar-refractivity contribution in [2.24, 2.45) is 5.92 Å². The van der Waals surface area contributed by atoms with Crippen LogP contribution in [0.4, 0.5) is 0 Å². The SMILES string of the molecule is O=C1c2ccc(OC[C@@H]3CCCO3)cc2CCN1[C@H]1CCc2cc(CNCC3CCCC3)ccc2C1. The predicted molar refractivity (Wildman–Crippen MR) is 142 cm³/mol. The highest BCUT2D eigenvalue weighted by molar-refractivity contribution is 5.97. The first-order chi connectivity index (χ1) is 17.7. The summed E-state index contributed by atoms with van der Waals surface area (Å²) in [4.78, 5) is 15.6. The Kier molecular flexibility index (Phi) is 7.29. The minimum atomic E-state index is 0.183. The zero-order chi connectivity index (χ0) is 24.3. The molecule has 5 heteroatoms. The number of nitrogens with one attached hydrogen (secondary N) is 1. The van der Waals surface area contributed by atoms with Crippen LogP contribution in [0, 0.1) is 5.92 Å². The molecule has 2 fully saturated rings. The van der Waals surface area contributed by atoms with Gasteiger partial charge in [-0.3, -0.25) is 4.79 Å². The molecule has 0 spiro atoms. The molecule has 0 aromatic heterocycles. The first kappa shape index (κ1) is 24.0. The average Bonchev–Trinajstić information content (AvgIpc) is 3.62. The van der Waals surface area contributed by atoms with Gasteiger partial charge >= 0.3 is 0 Å². The molecule has 6 rings (SSSR count). The fraction of sp³-hybridized carbons (Fsp3) is 0.581. The Morgan fingerprint density at radius 2 is 1.86 bits per heavy atom. The van der Waals surface area contributed by atoms with Gasteiger partial charge in [0.15, 0.2) is 0 Å². The van der Waals surface area contributed by atoms with Crippen molar-refractivity contribution in [1.82, 2.24) is 10.2 Å². The highest BCUT2D eigenvalue weighted by Crippen LogP contribution is 2.31. The molecule has 1 N–H and O–H groups in total. The van der Waals surface area contributed by atoms with E-state index in [1.165, 1.54) is 42.4 Å². The largest absolute Gasteiger partial charge is 0.491 e. The third kappa shape index (κ3) is 5.33. The molecule has 2 aromatic carbocycles. The molecule has 2 heterocycles. The second-order valence-corrected chi connectivity index (χ2v) is 11.3. The van der Waals surface area contributed by atoms with Crippen molar-refractivity contribution in [2.45, 2.75) is 82.9 Å². The molecule has 2 atom stereocenters. The van der Waals surface area contributed by atoms with Crippen molar-refractivity contribution in [3.05, 3.63) is 64.2 Å². The van der Waals surface area contributed by atoms with E-state index in [-0.39, 0.29) is 12.0 Å². The molecule has 1 amide bonds. The van der Waals surface area contributed by atoms with E-state index in [1.54, 1.807) is 0 Å². The molecule has 0 unspecified atom stereocenters. The Labute approximate surface area is 215 Å². The van der Waals surface area contributed by atoms with Crippen molar-refractivity contribution in [2.75, 3.05) is 26.3 Å². The lowest BCUT2D eigenvalue weighted by Crippen LogP contribution is -2.47. The lowest BCUT2D eigenvalue weighted by molar-refractivity contribution is 0.0638. The van der Waals surface area contributed by atoms with Crippen LogP contribution in [0.1, 0.15) is 77.6 Å². The number of hydrogen-bond donors (Lipinski definition) is 1. The van der Waals surface area contributed by atoms with Crippen molar-refractivity contribution in [3.8, 4) is 5.75 Å². The summed E-state index contributed by atoms with van der Waals surface area (Å²) in [5, 5.41) is 3.68. The molecule has 1 saturated carbocycles. The smallest absolute Gasteiger partial charge is 0.254 e. The topological polar surface area (TPSA) is 50.8 Å². The number of rotatable bonds is 8. The number of nitrogens with zero attached hydrogens (tertiary/aromatic N) is 1. The molecule has 2 aromatic rings. The van der Waals surface area contributed by atoms with Crippen LogP contribution in [0.25, 0.3) is 0 Å². The van der Waals surface area contributed by atoms with Gasteiger partial charge in [0.25, 0.3) is 5.91 Å². The van der Waals surface area contributed by atoms with Gasteiger partial charge in [0.1, 0.15) is 12.4 Å². The minimum Gasteiger partial charge on any atom is -0.491 e. The monoisotopic (exact) mass is 488 g/mol. The van der Waals surface area contributed by atoms with Gasteiger partial charge < -0.3 is 19.7 Å². The van der Waals surface area contributed by atoms with Gasteiger partial charge in [0.2, 0.25) is 0 Å². The number of hydrogen-bond acceptors (Lipinski definition) is 4. The van der Waals surface area contributed by atoms with Crippen LogP contribution in [0.2, 0.25) is 0 Å². The lowest BCUT2D eigenvalue weighted by atomic mass is 9.85. The second-order valence-electron chi connectivity index (χ2n) is 11.3. The second kappa shape index (κ2) is 10.9. The minimum absolute atomic E-state index is 0.183. The Morgan fingerprint density at radius 3 is 2.72 bits per heavy atom. The van der Waals surface area contributed by atoms with E-state index >= 15 is 0 Å². The molecule has 192 valence electrons. The number of aryl methyl sites for hydroxylation is 1. The normalized spacial score (nSPS) is 24.1. The van der Waals surface area contributed by atoms with Crippen LogP contribution in [-0.4, -0.2) is 49.3 Å². The van der Waals surface area contributed by atoms with E-state index in [1.807, 2.05) is 12.1 Å². The zero-order valence-corrected chi connectivity index (χ0v) is 21.5. The van der Waals surface area contributed by atoms with Gasteiger partial charge in [0, 0.05) is 31.3 Å². The molecule has 4 aliphatic rings. The number of carbonyl (C=O) groups excluding carboxylic acids is 1. The molecule has 2 aliphatic carbocycles. The van der Waals surface area contributed by atoms with Crippen molar-refractivity contribution < 1.29 is 14.3 Å². The summed E-state index contributed by atoms with van der Waals surface area (Å²) < 4.78 is 11.6. The summed E-state index contributed by atoms with van der Waals surface area (Å²) in [5.74, 6) is 1.91. The summed E-state index contributed by atoms with van der Waals surface area (Å²) >= 11 is 0. The number of fused-ring (bicyclic) bond motifs is 2. The number of amides is 1. The maximum atomic E-state index is 13.4. The van der Waals surface area contributed by atoms with Crippen molar-refractivity contribution in [3.63, 3.8) is 0 Å². The quantitative estimate of drug-likeness (QED) is 0.563. The van der Waals surface area contributed by atoms with Gasteiger partial charge in [0.05, 0.1) is 6.10 Å². The van der Waals surface area contributed by atoms with Crippen molar-refractivity contribution in [1.29, 1.82) is 0 Å². The zero-order valence-electron chi connectivity index (χ0n) is 21.5. The molecule has 5 nitrogen and oxygen atoms in total. The standard InChI is InChI=1S/C31H40N2O3/c34-31-30-12-11-28(36-21-29-6-3-15-35-29)18-26(30)13-14-33(31)27-10-9-24-16-23(7-8-25(24)17-27)20-32-19-22-4-1-2-5-22/h7-8,11-12,16,18,22,27,29,32H,1-6,9-10,13-15,17,19-21H2/t27-,29-/m0/s1. The van der Waals surface area contributed by atoms with Crippen molar-refractivity contribution >= 4 is 5.91 Å². The third-order valence-electron chi connectivity index (χ3n) is 8.80. The number of ether oxygens (including phenoxy) is 2. The summed E-state index contributed by atoms with van der Waals surface area (Å²) in [5.41, 5.74) is 6.25. The fourth-order valence-electron chi connectivity index (χ4n) is 6.69. The molecule has 2 aliphatic heterocycles. The van der Waals surface area contributed by atoms with Crippen LogP contribution in [0.15, 0.2) is 36.4 Å². The van der Waals surface area contributed by atoms with Crippen LogP contribution in [0.3, 0.4) is 0 Å². The molecule has 0 bridgehead atoms. The molecular weight excluding hydrogens is 448 g/mol. The van der Waals surface area contributed by atoms with Crippen LogP contribution in [0.5, 0.6) is 5.75 Å². The summed E-state index contributed by atoms with van der Waals surface area (Å²) in [7, 11) is 0. The molecule has 36 heavy (non-hydrogen) atoms. The summed E-state index contributed by atoms with van der Waals surface area (Å²) in [6.07, 6.45) is 12.0. The summed E-state index contributed by atoms with van der Waals surface area (Å²) in [6.45, 7) is 4.35. The van der Waals surface area contributed by atoms with Gasteiger partial charge in [-0.15, -0.1) is 0 Å². The van der Waals surface area contributed by atoms with E-state index in [2.05, 4.69) is 34.5 Å². The van der Waals surface area contributed by atoms with Crippen LogP contribution < -0.4 is 10.1 Å². The highest BCUT2D eigenvalue weighted by Gasteiger charge is 2.32. The third-order valence-corrected chi connectivity index (χ3v) is 8.80. The molecule has 1 saturated heterocycles. The summed E-state index contributed by atoms with van der Waals surface area (Å²) in [6, 6.07) is 13.3. The first-order valence-corrected chi connectivity index (χ1v) is 14.2. The number of benzene rings is 2. The van der Waals surface area contributed by atoms with Gasteiger partial charge in [-0.25, -0.2) is 0 Å². The Hall–Kier alpha value is -2.37. The predicted octanol–water partition coefficient (Wildman–Crippen LogP) is 5.08. The van der Waals surface area contributed by atoms with E-state index in [0.29, 0.717) is 12.6 Å². The fourth-order valence-corrected chi connectivity index (χ4v) is 6.69.